The predicted molar refractivity (Wildman–Crippen MR) is 94.2 cm³/mol. The molecule has 0 amide bonds. The largest absolute Gasteiger partial charge is 0.573 e. The third kappa shape index (κ3) is 4.45. The lowest BCUT2D eigenvalue weighted by Crippen LogP contribution is -2.17. The van der Waals surface area contributed by atoms with Gasteiger partial charge < -0.3 is 19.2 Å². The molecule has 5 nitrogen and oxygen atoms in total. The minimum Gasteiger partial charge on any atom is -0.497 e. The maximum absolute atomic E-state index is 12.4. The van der Waals surface area contributed by atoms with E-state index in [9.17, 15) is 13.2 Å². The molecule has 3 aromatic rings. The van der Waals surface area contributed by atoms with Crippen LogP contribution in [0, 0.1) is 0 Å². The smallest absolute Gasteiger partial charge is 0.497 e. The zero-order valence-corrected chi connectivity index (χ0v) is 15.2. The third-order valence-electron chi connectivity index (χ3n) is 3.77. The van der Waals surface area contributed by atoms with Gasteiger partial charge in [-0.15, -0.1) is 13.2 Å². The van der Waals surface area contributed by atoms with E-state index in [-0.39, 0.29) is 5.02 Å². The highest BCUT2D eigenvalue weighted by Crippen LogP contribution is 2.35. The van der Waals surface area contributed by atoms with E-state index in [0.717, 1.165) is 11.6 Å². The molecule has 3 rings (SSSR count). The lowest BCUT2D eigenvalue weighted by molar-refractivity contribution is -0.274. The first-order valence-corrected chi connectivity index (χ1v) is 8.39. The highest BCUT2D eigenvalue weighted by molar-refractivity contribution is 6.32. The lowest BCUT2D eigenvalue weighted by Gasteiger charge is -2.17. The Kier molecular flexibility index (Phi) is 5.48. The van der Waals surface area contributed by atoms with Crippen LogP contribution in [0.15, 0.2) is 36.4 Å². The molecule has 0 aliphatic heterocycles. The van der Waals surface area contributed by atoms with Gasteiger partial charge in [-0.3, -0.25) is 0 Å². The van der Waals surface area contributed by atoms with Crippen molar-refractivity contribution in [1.29, 1.82) is 0 Å². The molecule has 1 aromatic heterocycles. The molecule has 0 spiro atoms. The van der Waals surface area contributed by atoms with Gasteiger partial charge in [0.05, 0.1) is 23.2 Å². The van der Waals surface area contributed by atoms with E-state index in [1.165, 1.54) is 12.1 Å². The maximum Gasteiger partial charge on any atom is 0.573 e. The molecule has 1 N–H and O–H groups in total. The van der Waals surface area contributed by atoms with Gasteiger partial charge in [-0.25, -0.2) is 4.98 Å². The number of methoxy groups -OCH3 is 1. The summed E-state index contributed by atoms with van der Waals surface area (Å²) < 4.78 is 52.1. The van der Waals surface area contributed by atoms with Crippen molar-refractivity contribution in [2.24, 2.45) is 0 Å². The second kappa shape index (κ2) is 7.66. The monoisotopic (exact) mass is 400 g/mol. The summed E-state index contributed by atoms with van der Waals surface area (Å²) in [4.78, 5) is 7.66. The van der Waals surface area contributed by atoms with Crippen LogP contribution in [-0.2, 0) is 4.74 Å². The Morgan fingerprint density at radius 1 is 1.19 bits per heavy atom. The number of hydrogen-bond acceptors (Lipinski definition) is 4. The second-order valence-corrected chi connectivity index (χ2v) is 5.99. The number of benzene rings is 2. The molecule has 1 heterocycles. The Bertz CT molecular complexity index is 943. The molecule has 0 aliphatic rings. The van der Waals surface area contributed by atoms with E-state index in [4.69, 9.17) is 21.1 Å². The molecule has 0 saturated heterocycles. The number of rotatable bonds is 6. The zero-order chi connectivity index (χ0) is 19.6. The number of alkyl halides is 3. The Hall–Kier alpha value is -2.45. The number of aromatic amines is 1. The van der Waals surface area contributed by atoms with Crippen LogP contribution in [0.1, 0.15) is 24.4 Å². The molecular weight excluding hydrogens is 385 g/mol. The van der Waals surface area contributed by atoms with Crippen LogP contribution < -0.4 is 9.47 Å². The number of H-pyrrole nitrogens is 1. The molecular formula is C18H16ClF3N2O3. The van der Waals surface area contributed by atoms with Crippen molar-refractivity contribution < 1.29 is 27.4 Å². The van der Waals surface area contributed by atoms with E-state index in [1.54, 1.807) is 32.2 Å². The van der Waals surface area contributed by atoms with Gasteiger partial charge in [0.1, 0.15) is 23.4 Å². The van der Waals surface area contributed by atoms with Gasteiger partial charge in [0, 0.05) is 12.7 Å². The number of aromatic nitrogens is 2. The Morgan fingerprint density at radius 3 is 2.59 bits per heavy atom. The summed E-state index contributed by atoms with van der Waals surface area (Å²) in [6, 6.07) is 9.36. The lowest BCUT2D eigenvalue weighted by atomic mass is 10.1. The van der Waals surface area contributed by atoms with Gasteiger partial charge in [-0.1, -0.05) is 17.7 Å². The van der Waals surface area contributed by atoms with Crippen molar-refractivity contribution in [3.05, 3.63) is 52.8 Å². The van der Waals surface area contributed by atoms with Crippen LogP contribution in [0.25, 0.3) is 11.0 Å². The molecule has 1 atom stereocenters. The molecule has 9 heteroatoms. The first-order valence-electron chi connectivity index (χ1n) is 8.01. The predicted octanol–water partition coefficient (Wildman–Crippen LogP) is 5.25. The minimum atomic E-state index is -4.82. The highest BCUT2D eigenvalue weighted by atomic mass is 35.5. The number of halogens is 4. The van der Waals surface area contributed by atoms with E-state index in [2.05, 4.69) is 14.7 Å². The van der Waals surface area contributed by atoms with Crippen LogP contribution in [0.3, 0.4) is 0 Å². The van der Waals surface area contributed by atoms with E-state index in [0.29, 0.717) is 29.3 Å². The van der Waals surface area contributed by atoms with Crippen molar-refractivity contribution in [1.82, 2.24) is 9.97 Å². The van der Waals surface area contributed by atoms with Gasteiger partial charge in [0.15, 0.2) is 0 Å². The summed E-state index contributed by atoms with van der Waals surface area (Å²) >= 11 is 5.96. The van der Waals surface area contributed by atoms with E-state index in [1.807, 2.05) is 0 Å². The molecule has 27 heavy (non-hydrogen) atoms. The summed E-state index contributed by atoms with van der Waals surface area (Å²) in [5, 5.41) is -0.174. The van der Waals surface area contributed by atoms with Gasteiger partial charge in [0.2, 0.25) is 0 Å². The number of ether oxygens (including phenoxy) is 3. The summed E-state index contributed by atoms with van der Waals surface area (Å²) in [6.45, 7) is 2.17. The topological polar surface area (TPSA) is 56.4 Å². The van der Waals surface area contributed by atoms with Gasteiger partial charge in [-0.05, 0) is 36.8 Å². The number of fused-ring (bicyclic) bond motifs is 1. The van der Waals surface area contributed by atoms with Crippen LogP contribution in [-0.4, -0.2) is 30.0 Å². The van der Waals surface area contributed by atoms with Gasteiger partial charge in [-0.2, -0.15) is 0 Å². The second-order valence-electron chi connectivity index (χ2n) is 5.58. The van der Waals surface area contributed by atoms with Crippen molar-refractivity contribution in [2.75, 3.05) is 13.7 Å². The van der Waals surface area contributed by atoms with E-state index < -0.39 is 18.2 Å². The summed E-state index contributed by atoms with van der Waals surface area (Å²) in [6.07, 6.45) is -5.45. The number of imidazole rings is 1. The fraction of sp³-hybridized carbons (Fsp3) is 0.278. The average molecular weight is 401 g/mol. The SMILES string of the molecule is CCOC(c1ccc(OC(F)(F)F)c(Cl)c1)c1nc2ccc(OC)cc2[nH]1. The number of hydrogen-bond donors (Lipinski definition) is 1. The first kappa shape index (κ1) is 19.3. The molecule has 0 aliphatic carbocycles. The van der Waals surface area contributed by atoms with Crippen LogP contribution in [0.2, 0.25) is 5.02 Å². The van der Waals surface area contributed by atoms with E-state index >= 15 is 0 Å². The number of nitrogens with zero attached hydrogens (tertiary/aromatic N) is 1. The van der Waals surface area contributed by atoms with Crippen molar-refractivity contribution in [2.45, 2.75) is 19.4 Å². The fourth-order valence-electron chi connectivity index (χ4n) is 2.65. The first-order chi connectivity index (χ1) is 12.8. The molecule has 0 radical (unpaired) electrons. The standard InChI is InChI=1S/C18H16ClF3N2O3/c1-3-26-16(10-4-7-15(12(19)8-10)27-18(20,21)22)17-23-13-6-5-11(25-2)9-14(13)24-17/h4-9,16H,3H2,1-2H3,(H,23,24). The number of nitrogens with one attached hydrogen (secondary N) is 1. The average Bonchev–Trinajstić information content (AvgIpc) is 3.03. The molecule has 1 unspecified atom stereocenters. The summed E-state index contributed by atoms with van der Waals surface area (Å²) in [5.41, 5.74) is 2.00. The molecule has 0 saturated carbocycles. The normalized spacial score (nSPS) is 13.0. The highest BCUT2D eigenvalue weighted by Gasteiger charge is 2.32. The minimum absolute atomic E-state index is 0.174. The Balaban J connectivity index is 1.97. The molecule has 144 valence electrons. The summed E-state index contributed by atoms with van der Waals surface area (Å²) in [5.74, 6) is 0.695. The Morgan fingerprint density at radius 2 is 1.96 bits per heavy atom. The third-order valence-corrected chi connectivity index (χ3v) is 4.07. The zero-order valence-electron chi connectivity index (χ0n) is 14.4. The van der Waals surface area contributed by atoms with Crippen molar-refractivity contribution in [3.63, 3.8) is 0 Å². The molecule has 0 fully saturated rings. The van der Waals surface area contributed by atoms with Crippen LogP contribution >= 0.6 is 11.6 Å². The van der Waals surface area contributed by atoms with Crippen molar-refractivity contribution >= 4 is 22.6 Å². The van der Waals surface area contributed by atoms with Gasteiger partial charge >= 0.3 is 6.36 Å². The Labute approximate surface area is 158 Å². The molecule has 2 aromatic carbocycles. The van der Waals surface area contributed by atoms with Crippen molar-refractivity contribution in [3.8, 4) is 11.5 Å². The molecule has 0 bridgehead atoms. The fourth-order valence-corrected chi connectivity index (χ4v) is 2.87. The quantitative estimate of drug-likeness (QED) is 0.614. The maximum atomic E-state index is 12.4. The summed E-state index contributed by atoms with van der Waals surface area (Å²) in [7, 11) is 1.56. The van der Waals surface area contributed by atoms with Gasteiger partial charge in [0.25, 0.3) is 0 Å². The van der Waals surface area contributed by atoms with Crippen LogP contribution in [0.4, 0.5) is 13.2 Å². The van der Waals surface area contributed by atoms with Crippen LogP contribution in [0.5, 0.6) is 11.5 Å².